The number of methoxy groups -OCH3 is 2. The first-order valence-electron chi connectivity index (χ1n) is 6.49. The summed E-state index contributed by atoms with van der Waals surface area (Å²) in [6.45, 7) is 0. The summed E-state index contributed by atoms with van der Waals surface area (Å²) in [5.74, 6) is -0.604. The van der Waals surface area contributed by atoms with Gasteiger partial charge in [0, 0.05) is 11.3 Å². The predicted molar refractivity (Wildman–Crippen MR) is 88.7 cm³/mol. The van der Waals surface area contributed by atoms with Gasteiger partial charge in [-0.25, -0.2) is 4.79 Å². The van der Waals surface area contributed by atoms with Crippen molar-refractivity contribution in [1.82, 2.24) is 0 Å². The Morgan fingerprint density at radius 2 is 1.65 bits per heavy atom. The zero-order valence-corrected chi connectivity index (χ0v) is 13.9. The van der Waals surface area contributed by atoms with E-state index in [4.69, 9.17) is 27.9 Å². The van der Waals surface area contributed by atoms with Crippen LogP contribution in [0.25, 0.3) is 0 Å². The molecule has 0 radical (unpaired) electrons. The zero-order chi connectivity index (χ0) is 17.0. The predicted octanol–water partition coefficient (Wildman–Crippen LogP) is 4.04. The smallest absolute Gasteiger partial charge is 0.337 e. The van der Waals surface area contributed by atoms with E-state index in [2.05, 4.69) is 10.1 Å². The van der Waals surface area contributed by atoms with E-state index in [0.29, 0.717) is 17.0 Å². The summed E-state index contributed by atoms with van der Waals surface area (Å²) in [4.78, 5) is 23.8. The average Bonchev–Trinajstić information content (AvgIpc) is 2.54. The van der Waals surface area contributed by atoms with Crippen LogP contribution in [0, 0.1) is 0 Å². The van der Waals surface area contributed by atoms with Crippen molar-refractivity contribution in [3.63, 3.8) is 0 Å². The van der Waals surface area contributed by atoms with Gasteiger partial charge in [0.1, 0.15) is 0 Å². The largest absolute Gasteiger partial charge is 0.494 e. The van der Waals surface area contributed by atoms with Crippen molar-refractivity contribution in [2.24, 2.45) is 0 Å². The summed E-state index contributed by atoms with van der Waals surface area (Å²) in [5.41, 5.74) is 1.04. The van der Waals surface area contributed by atoms with Crippen molar-refractivity contribution in [1.29, 1.82) is 0 Å². The van der Waals surface area contributed by atoms with E-state index in [1.807, 2.05) is 0 Å². The summed E-state index contributed by atoms with van der Waals surface area (Å²) >= 11 is 12.0. The van der Waals surface area contributed by atoms with Crippen LogP contribution in [0.15, 0.2) is 36.4 Å². The van der Waals surface area contributed by atoms with E-state index >= 15 is 0 Å². The van der Waals surface area contributed by atoms with Crippen LogP contribution in [0.3, 0.4) is 0 Å². The molecular formula is C16H13Cl2NO4. The minimum absolute atomic E-state index is 0.230. The lowest BCUT2D eigenvalue weighted by Gasteiger charge is -2.10. The highest BCUT2D eigenvalue weighted by atomic mass is 35.5. The molecule has 23 heavy (non-hydrogen) atoms. The molecule has 0 fully saturated rings. The summed E-state index contributed by atoms with van der Waals surface area (Å²) in [5, 5.41) is 3.12. The average molecular weight is 354 g/mol. The fourth-order valence-electron chi connectivity index (χ4n) is 1.93. The third-order valence-electron chi connectivity index (χ3n) is 3.01. The van der Waals surface area contributed by atoms with Crippen LogP contribution < -0.4 is 10.1 Å². The van der Waals surface area contributed by atoms with Crippen LogP contribution in [0.5, 0.6) is 5.75 Å². The Morgan fingerprint density at radius 1 is 1.00 bits per heavy atom. The number of rotatable bonds is 4. The van der Waals surface area contributed by atoms with E-state index in [1.165, 1.54) is 32.4 Å². The number of carbonyl (C=O) groups is 2. The molecule has 0 heterocycles. The second-order valence-electron chi connectivity index (χ2n) is 4.50. The lowest BCUT2D eigenvalue weighted by molar-refractivity contribution is 0.0600. The van der Waals surface area contributed by atoms with Gasteiger partial charge in [-0.15, -0.1) is 0 Å². The second kappa shape index (κ2) is 7.35. The standard InChI is InChI=1S/C16H13Cl2NO4/c1-22-14-12(17)7-10(8-13(14)18)15(20)19-11-5-3-4-9(6-11)16(21)23-2/h3-8H,1-2H3,(H,19,20). The number of esters is 1. The van der Waals surface area contributed by atoms with E-state index in [1.54, 1.807) is 18.2 Å². The van der Waals surface area contributed by atoms with Crippen molar-refractivity contribution >= 4 is 40.8 Å². The summed E-state index contributed by atoms with van der Waals surface area (Å²) < 4.78 is 9.67. The Labute approximate surface area is 143 Å². The number of carbonyl (C=O) groups excluding carboxylic acids is 2. The molecule has 1 N–H and O–H groups in total. The highest BCUT2D eigenvalue weighted by Crippen LogP contribution is 2.34. The number of hydrogen-bond donors (Lipinski definition) is 1. The number of halogens is 2. The maximum absolute atomic E-state index is 12.3. The van der Waals surface area contributed by atoms with Crippen molar-refractivity contribution in [2.45, 2.75) is 0 Å². The highest BCUT2D eigenvalue weighted by molar-refractivity contribution is 6.37. The molecule has 0 saturated heterocycles. The molecule has 0 aliphatic rings. The van der Waals surface area contributed by atoms with E-state index in [9.17, 15) is 9.59 Å². The SMILES string of the molecule is COC(=O)c1cccc(NC(=O)c2cc(Cl)c(OC)c(Cl)c2)c1. The molecule has 0 aromatic heterocycles. The van der Waals surface area contributed by atoms with E-state index < -0.39 is 11.9 Å². The van der Waals surface area contributed by atoms with Gasteiger partial charge in [-0.3, -0.25) is 4.79 Å². The number of nitrogens with one attached hydrogen (secondary N) is 1. The molecule has 2 aromatic carbocycles. The fraction of sp³-hybridized carbons (Fsp3) is 0.125. The van der Waals surface area contributed by atoms with Gasteiger partial charge in [0.2, 0.25) is 0 Å². The van der Waals surface area contributed by atoms with Gasteiger partial charge in [-0.05, 0) is 30.3 Å². The lowest BCUT2D eigenvalue weighted by Crippen LogP contribution is -2.13. The highest BCUT2D eigenvalue weighted by Gasteiger charge is 2.14. The third kappa shape index (κ3) is 3.94. The van der Waals surface area contributed by atoms with Crippen molar-refractivity contribution in [3.05, 3.63) is 57.6 Å². The first kappa shape index (κ1) is 17.1. The minimum atomic E-state index is -0.489. The zero-order valence-electron chi connectivity index (χ0n) is 12.4. The molecule has 0 bridgehead atoms. The molecule has 1 amide bonds. The molecule has 0 spiro atoms. The van der Waals surface area contributed by atoms with E-state index in [0.717, 1.165) is 0 Å². The second-order valence-corrected chi connectivity index (χ2v) is 5.31. The minimum Gasteiger partial charge on any atom is -0.494 e. The molecule has 0 saturated carbocycles. The molecule has 120 valence electrons. The Kier molecular flexibility index (Phi) is 5.47. The van der Waals surface area contributed by atoms with Gasteiger partial charge < -0.3 is 14.8 Å². The number of amides is 1. The molecule has 2 rings (SSSR count). The topological polar surface area (TPSA) is 64.6 Å². The van der Waals surface area contributed by atoms with Crippen LogP contribution in [0.4, 0.5) is 5.69 Å². The first-order chi connectivity index (χ1) is 11.0. The Balaban J connectivity index is 2.24. The molecule has 7 heteroatoms. The molecule has 0 aliphatic heterocycles. The van der Waals surface area contributed by atoms with Crippen molar-refractivity contribution in [2.75, 3.05) is 19.5 Å². The summed E-state index contributed by atoms with van der Waals surface area (Å²) in [6.07, 6.45) is 0. The number of ether oxygens (including phenoxy) is 2. The summed E-state index contributed by atoms with van der Waals surface area (Å²) in [7, 11) is 2.72. The van der Waals surface area contributed by atoms with Crippen molar-refractivity contribution < 1.29 is 19.1 Å². The Morgan fingerprint density at radius 3 is 2.22 bits per heavy atom. The fourth-order valence-corrected chi connectivity index (χ4v) is 2.57. The number of benzene rings is 2. The van der Waals surface area contributed by atoms with Crippen molar-refractivity contribution in [3.8, 4) is 5.75 Å². The Bertz CT molecular complexity index is 738. The monoisotopic (exact) mass is 353 g/mol. The van der Waals surface area contributed by atoms with Gasteiger partial charge in [0.15, 0.2) is 5.75 Å². The maximum Gasteiger partial charge on any atom is 0.337 e. The number of hydrogen-bond acceptors (Lipinski definition) is 4. The van der Waals surface area contributed by atoms with Crippen LogP contribution in [0.2, 0.25) is 10.0 Å². The van der Waals surface area contributed by atoms with Crippen LogP contribution in [-0.2, 0) is 4.74 Å². The van der Waals surface area contributed by atoms with Gasteiger partial charge >= 0.3 is 5.97 Å². The normalized spacial score (nSPS) is 10.1. The molecule has 0 aliphatic carbocycles. The van der Waals surface area contributed by atoms with Crippen LogP contribution in [0.1, 0.15) is 20.7 Å². The lowest BCUT2D eigenvalue weighted by atomic mass is 10.1. The third-order valence-corrected chi connectivity index (χ3v) is 3.57. The molecule has 0 atom stereocenters. The van der Waals surface area contributed by atoms with Gasteiger partial charge in [0.05, 0.1) is 29.8 Å². The first-order valence-corrected chi connectivity index (χ1v) is 7.24. The van der Waals surface area contributed by atoms with Gasteiger partial charge in [-0.1, -0.05) is 29.3 Å². The quantitative estimate of drug-likeness (QED) is 0.842. The molecular weight excluding hydrogens is 341 g/mol. The maximum atomic E-state index is 12.3. The van der Waals surface area contributed by atoms with Gasteiger partial charge in [-0.2, -0.15) is 0 Å². The Hall–Kier alpha value is -2.24. The van der Waals surface area contributed by atoms with Crippen LogP contribution >= 0.6 is 23.2 Å². The van der Waals surface area contributed by atoms with Crippen LogP contribution in [-0.4, -0.2) is 26.1 Å². The van der Waals surface area contributed by atoms with Gasteiger partial charge in [0.25, 0.3) is 5.91 Å². The molecule has 2 aromatic rings. The number of anilines is 1. The van der Waals surface area contributed by atoms with E-state index in [-0.39, 0.29) is 15.6 Å². The molecule has 5 nitrogen and oxygen atoms in total. The molecule has 0 unspecified atom stereocenters. The summed E-state index contributed by atoms with van der Waals surface area (Å²) in [6, 6.07) is 9.28.